The lowest BCUT2D eigenvalue weighted by Gasteiger charge is -2.67. The summed E-state index contributed by atoms with van der Waals surface area (Å²) >= 11 is 0. The average molecular weight is 553 g/mol. The van der Waals surface area contributed by atoms with E-state index in [-0.39, 0.29) is 36.8 Å². The molecule has 6 N–H and O–H groups in total. The van der Waals surface area contributed by atoms with E-state index >= 15 is 0 Å². The van der Waals surface area contributed by atoms with Gasteiger partial charge in [0.1, 0.15) is 24.9 Å². The van der Waals surface area contributed by atoms with Crippen LogP contribution in [0, 0.1) is 28.6 Å². The van der Waals surface area contributed by atoms with Gasteiger partial charge in [0.2, 0.25) is 0 Å². The molecule has 4 saturated carbocycles. The fourth-order valence-electron chi connectivity index (χ4n) is 9.89. The maximum atomic E-state index is 12.4. The zero-order chi connectivity index (χ0) is 28.1. The normalized spacial score (nSPS) is 57.3. The molecule has 0 bridgehead atoms. The summed E-state index contributed by atoms with van der Waals surface area (Å²) in [7, 11) is 0. The van der Waals surface area contributed by atoms with E-state index in [0.29, 0.717) is 38.5 Å². The van der Waals surface area contributed by atoms with Crippen LogP contribution in [0.25, 0.3) is 0 Å². The second-order valence-electron chi connectivity index (χ2n) is 13.8. The third-order valence-electron chi connectivity index (χ3n) is 12.2. The van der Waals surface area contributed by atoms with E-state index in [1.807, 2.05) is 13.8 Å². The van der Waals surface area contributed by atoms with E-state index in [1.54, 1.807) is 13.0 Å². The monoisotopic (exact) mass is 552 g/mol. The predicted octanol–water partition coefficient (Wildman–Crippen LogP) is 0.542. The van der Waals surface area contributed by atoms with Crippen molar-refractivity contribution in [1.82, 2.24) is 0 Å². The molecular formula is C29H44O10. The van der Waals surface area contributed by atoms with Crippen LogP contribution in [0.2, 0.25) is 0 Å². The minimum absolute atomic E-state index is 0.0412. The Bertz CT molecular complexity index is 1030. The van der Waals surface area contributed by atoms with Crippen LogP contribution in [-0.4, -0.2) is 97.3 Å². The number of aliphatic hydroxyl groups is 6. The minimum Gasteiger partial charge on any atom is -0.458 e. The fourth-order valence-corrected chi connectivity index (χ4v) is 9.89. The maximum Gasteiger partial charge on any atom is 0.331 e. The van der Waals surface area contributed by atoms with Crippen molar-refractivity contribution in [2.75, 3.05) is 6.61 Å². The standard InChI is InChI=1S/C29H44O10/c1-14-22(32)23(33)24(34)25(38-14)39-16-4-7-26(2)21-18(5-8-28(26,35)11-16)29(36)9-6-17(15-10-20(31)37-13-15)27(29,3)12-19(21)30/h10,14,16-19,21-25,30,32-36H,4-9,11-13H2,1-3H3/t14-,16+,17-,18-,19-,21-,22+,23-,24-,25+,26-,27-,28+,29+/m1/s1. The molecule has 220 valence electrons. The minimum atomic E-state index is -1.41. The molecule has 0 aromatic heterocycles. The number of hydrogen-bond donors (Lipinski definition) is 6. The molecule has 0 aromatic carbocycles. The number of hydrogen-bond acceptors (Lipinski definition) is 10. The molecule has 0 amide bonds. The van der Waals surface area contributed by atoms with Gasteiger partial charge >= 0.3 is 5.97 Å². The number of ether oxygens (including phenoxy) is 3. The van der Waals surface area contributed by atoms with Gasteiger partial charge in [0.25, 0.3) is 0 Å². The van der Waals surface area contributed by atoms with Crippen LogP contribution >= 0.6 is 0 Å². The van der Waals surface area contributed by atoms with Gasteiger partial charge in [-0.15, -0.1) is 0 Å². The van der Waals surface area contributed by atoms with Gasteiger partial charge in [0.15, 0.2) is 6.29 Å². The van der Waals surface area contributed by atoms with E-state index in [0.717, 1.165) is 12.0 Å². The summed E-state index contributed by atoms with van der Waals surface area (Å²) in [5, 5.41) is 66.9. The largest absolute Gasteiger partial charge is 0.458 e. The summed E-state index contributed by atoms with van der Waals surface area (Å²) in [6.07, 6.45) is -1.39. The van der Waals surface area contributed by atoms with Crippen molar-refractivity contribution in [2.45, 2.75) is 126 Å². The summed E-state index contributed by atoms with van der Waals surface area (Å²) in [6.45, 7) is 5.92. The van der Waals surface area contributed by atoms with Gasteiger partial charge in [-0.1, -0.05) is 13.8 Å². The van der Waals surface area contributed by atoms with Crippen LogP contribution < -0.4 is 0 Å². The highest BCUT2D eigenvalue weighted by molar-refractivity contribution is 5.85. The van der Waals surface area contributed by atoms with E-state index in [4.69, 9.17) is 14.2 Å². The second kappa shape index (κ2) is 9.19. The third-order valence-corrected chi connectivity index (χ3v) is 12.2. The van der Waals surface area contributed by atoms with Crippen molar-refractivity contribution < 1.29 is 49.6 Å². The van der Waals surface area contributed by atoms with Crippen LogP contribution in [0.3, 0.4) is 0 Å². The summed E-state index contributed by atoms with van der Waals surface area (Å²) < 4.78 is 16.9. The molecule has 4 aliphatic carbocycles. The van der Waals surface area contributed by atoms with Crippen molar-refractivity contribution >= 4 is 5.97 Å². The van der Waals surface area contributed by atoms with Crippen molar-refractivity contribution in [3.05, 3.63) is 11.6 Å². The van der Waals surface area contributed by atoms with Gasteiger partial charge in [-0.3, -0.25) is 0 Å². The number of fused-ring (bicyclic) bond motifs is 5. The molecule has 0 aromatic rings. The highest BCUT2D eigenvalue weighted by Gasteiger charge is 2.72. The summed E-state index contributed by atoms with van der Waals surface area (Å²) in [5.41, 5.74) is -2.54. The topological polar surface area (TPSA) is 166 Å². The van der Waals surface area contributed by atoms with Crippen LogP contribution in [0.5, 0.6) is 0 Å². The van der Waals surface area contributed by atoms with Gasteiger partial charge in [-0.05, 0) is 75.2 Å². The zero-order valence-corrected chi connectivity index (χ0v) is 23.0. The molecular weight excluding hydrogens is 508 g/mol. The lowest BCUT2D eigenvalue weighted by atomic mass is 9.41. The summed E-state index contributed by atoms with van der Waals surface area (Å²) in [6, 6.07) is 0. The number of cyclic esters (lactones) is 1. The van der Waals surface area contributed by atoms with E-state index in [1.165, 1.54) is 0 Å². The number of aliphatic hydroxyl groups excluding tert-OH is 4. The van der Waals surface area contributed by atoms with Gasteiger partial charge in [0.05, 0.1) is 29.5 Å². The predicted molar refractivity (Wildman–Crippen MR) is 136 cm³/mol. The highest BCUT2D eigenvalue weighted by atomic mass is 16.7. The Morgan fingerprint density at radius 1 is 0.923 bits per heavy atom. The molecule has 39 heavy (non-hydrogen) atoms. The van der Waals surface area contributed by atoms with Gasteiger partial charge < -0.3 is 44.8 Å². The molecule has 2 heterocycles. The number of rotatable bonds is 3. The number of esters is 1. The van der Waals surface area contributed by atoms with Gasteiger partial charge in [-0.25, -0.2) is 4.79 Å². The first kappa shape index (κ1) is 28.0. The molecule has 1 saturated heterocycles. The van der Waals surface area contributed by atoms with Crippen molar-refractivity contribution in [3.8, 4) is 0 Å². The molecule has 6 aliphatic rings. The second-order valence-corrected chi connectivity index (χ2v) is 13.8. The van der Waals surface area contributed by atoms with E-state index in [2.05, 4.69) is 0 Å². The molecule has 10 heteroatoms. The maximum absolute atomic E-state index is 12.4. The Morgan fingerprint density at radius 3 is 2.36 bits per heavy atom. The summed E-state index contributed by atoms with van der Waals surface area (Å²) in [4.78, 5) is 11.8. The molecule has 0 spiro atoms. The Labute approximate surface area is 229 Å². The average Bonchev–Trinajstić information content (AvgIpc) is 3.41. The van der Waals surface area contributed by atoms with Gasteiger partial charge in [0, 0.05) is 23.3 Å². The first-order valence-electron chi connectivity index (χ1n) is 14.6. The Balaban J connectivity index is 1.22. The van der Waals surface area contributed by atoms with Crippen molar-refractivity contribution in [1.29, 1.82) is 0 Å². The van der Waals surface area contributed by atoms with Crippen LogP contribution in [0.4, 0.5) is 0 Å². The smallest absolute Gasteiger partial charge is 0.331 e. The van der Waals surface area contributed by atoms with E-state index in [9.17, 15) is 35.4 Å². The molecule has 5 fully saturated rings. The summed E-state index contributed by atoms with van der Waals surface area (Å²) in [5.74, 6) is -0.893. The molecule has 10 nitrogen and oxygen atoms in total. The number of carbonyl (C=O) groups is 1. The van der Waals surface area contributed by atoms with Crippen LogP contribution in [0.15, 0.2) is 11.6 Å². The van der Waals surface area contributed by atoms with Gasteiger partial charge in [-0.2, -0.15) is 0 Å². The number of carbonyl (C=O) groups excluding carboxylic acids is 1. The zero-order valence-electron chi connectivity index (χ0n) is 23.0. The molecule has 6 rings (SSSR count). The Kier molecular flexibility index (Phi) is 6.61. The van der Waals surface area contributed by atoms with Crippen molar-refractivity contribution in [2.24, 2.45) is 28.6 Å². The SMILES string of the molecule is C[C@H]1O[C@@H](O[C@H]2CC[C@]3(C)[C@H]4[C@H](O)C[C@]5(C)[C@@H](C6=CC(=O)OC6)CC[C@]5(O)[C@@H]4CC[C@]3(O)C2)[C@H](O)[C@H](O)[C@H]1O. The fraction of sp³-hybridized carbons (Fsp3) is 0.897. The quantitative estimate of drug-likeness (QED) is 0.215. The lowest BCUT2D eigenvalue weighted by Crippen LogP contribution is -2.71. The lowest BCUT2D eigenvalue weighted by molar-refractivity contribution is -0.323. The molecule has 0 unspecified atom stereocenters. The third kappa shape index (κ3) is 3.86. The Morgan fingerprint density at radius 2 is 1.67 bits per heavy atom. The molecule has 0 radical (unpaired) electrons. The van der Waals surface area contributed by atoms with Crippen LogP contribution in [0.1, 0.15) is 72.1 Å². The van der Waals surface area contributed by atoms with Crippen LogP contribution in [-0.2, 0) is 19.0 Å². The van der Waals surface area contributed by atoms with Crippen molar-refractivity contribution in [3.63, 3.8) is 0 Å². The molecule has 14 atom stereocenters. The first-order chi connectivity index (χ1) is 18.2. The highest BCUT2D eigenvalue weighted by Crippen LogP contribution is 2.70. The van der Waals surface area contributed by atoms with E-state index < -0.39 is 64.9 Å². The molecule has 2 aliphatic heterocycles. The first-order valence-corrected chi connectivity index (χ1v) is 14.6. The Hall–Kier alpha value is -1.11.